The molecule has 0 aliphatic heterocycles. The molecule has 0 amide bonds. The highest BCUT2D eigenvalue weighted by Gasteiger charge is 2.38. The van der Waals surface area contributed by atoms with E-state index in [9.17, 15) is 0 Å². The van der Waals surface area contributed by atoms with Crippen LogP contribution in [0, 0.1) is 5.92 Å². The Balaban J connectivity index is 1.65. The molecular weight excluding hydrogens is 264 g/mol. The van der Waals surface area contributed by atoms with Gasteiger partial charge in [0.2, 0.25) is 0 Å². The summed E-state index contributed by atoms with van der Waals surface area (Å²) in [6, 6.07) is 10.7. The van der Waals surface area contributed by atoms with Gasteiger partial charge in [-0.1, -0.05) is 28.1 Å². The second-order valence-corrected chi connectivity index (χ2v) is 5.30. The molecule has 0 radical (unpaired) electrons. The van der Waals surface area contributed by atoms with Crippen LogP contribution in [0.4, 0.5) is 0 Å². The maximum Gasteiger partial charge on any atom is 0.0489 e. The van der Waals surface area contributed by atoms with Crippen molar-refractivity contribution in [2.45, 2.75) is 18.9 Å². The van der Waals surface area contributed by atoms with E-state index in [-0.39, 0.29) is 0 Å². The molecule has 3 heteroatoms. The molecule has 1 fully saturated rings. The van der Waals surface area contributed by atoms with Gasteiger partial charge in [0.25, 0.3) is 0 Å². The summed E-state index contributed by atoms with van der Waals surface area (Å²) in [7, 11) is 0. The van der Waals surface area contributed by atoms with Crippen molar-refractivity contribution < 1.29 is 0 Å². The van der Waals surface area contributed by atoms with Crippen LogP contribution in [0.2, 0.25) is 0 Å². The van der Waals surface area contributed by atoms with Crippen molar-refractivity contribution >= 4 is 15.9 Å². The molecule has 0 bridgehead atoms. The Bertz CT molecular complexity index is 461. The van der Waals surface area contributed by atoms with Crippen molar-refractivity contribution in [1.82, 2.24) is 9.78 Å². The fourth-order valence-electron chi connectivity index (χ4n) is 2.22. The molecule has 3 rings (SSSR count). The smallest absolute Gasteiger partial charge is 0.0489 e. The molecule has 82 valence electrons. The van der Waals surface area contributed by atoms with Gasteiger partial charge < -0.3 is 0 Å². The van der Waals surface area contributed by atoms with Gasteiger partial charge in [0, 0.05) is 23.4 Å². The van der Waals surface area contributed by atoms with E-state index in [1.54, 1.807) is 0 Å². The normalized spacial score (nSPS) is 23.3. The van der Waals surface area contributed by atoms with Crippen molar-refractivity contribution in [3.63, 3.8) is 0 Å². The molecule has 16 heavy (non-hydrogen) atoms. The Morgan fingerprint density at radius 3 is 2.81 bits per heavy atom. The lowest BCUT2D eigenvalue weighted by Crippen LogP contribution is -2.00. The van der Waals surface area contributed by atoms with E-state index in [0.717, 1.165) is 22.9 Å². The topological polar surface area (TPSA) is 17.8 Å². The second kappa shape index (κ2) is 4.06. The van der Waals surface area contributed by atoms with Gasteiger partial charge >= 0.3 is 0 Å². The molecular formula is C13H13BrN2. The van der Waals surface area contributed by atoms with Crippen LogP contribution in [0.1, 0.15) is 17.9 Å². The minimum atomic E-state index is 0.734. The minimum absolute atomic E-state index is 0.734. The Hall–Kier alpha value is -1.09. The van der Waals surface area contributed by atoms with Gasteiger partial charge in [-0.15, -0.1) is 0 Å². The molecule has 1 heterocycles. The first kappa shape index (κ1) is 10.1. The second-order valence-electron chi connectivity index (χ2n) is 4.38. The summed E-state index contributed by atoms with van der Waals surface area (Å²) in [5, 5.41) is 4.25. The standard InChI is InChI=1S/C13H13BrN2/c14-12-4-2-10(3-5-12)13-8-11(13)9-16-7-1-6-15-16/h1-7,11,13H,8-9H2/t11-,13+/m1/s1. The SMILES string of the molecule is Brc1ccc([C@@H]2C[C@@H]2Cn2cccn2)cc1. The summed E-state index contributed by atoms with van der Waals surface area (Å²) in [6.45, 7) is 1.05. The van der Waals surface area contributed by atoms with Crippen LogP contribution in [-0.2, 0) is 6.54 Å². The number of halogens is 1. The third-order valence-electron chi connectivity index (χ3n) is 3.20. The van der Waals surface area contributed by atoms with Crippen LogP contribution < -0.4 is 0 Å². The summed E-state index contributed by atoms with van der Waals surface area (Å²) in [5.74, 6) is 1.50. The van der Waals surface area contributed by atoms with Crippen molar-refractivity contribution in [1.29, 1.82) is 0 Å². The van der Waals surface area contributed by atoms with Crippen LogP contribution >= 0.6 is 15.9 Å². The molecule has 0 saturated heterocycles. The number of nitrogens with zero attached hydrogens (tertiary/aromatic N) is 2. The van der Waals surface area contributed by atoms with E-state index < -0.39 is 0 Å². The summed E-state index contributed by atoms with van der Waals surface area (Å²) in [4.78, 5) is 0. The number of aromatic nitrogens is 2. The number of hydrogen-bond acceptors (Lipinski definition) is 1. The predicted octanol–water partition coefficient (Wildman–Crippen LogP) is 3.45. The van der Waals surface area contributed by atoms with Crippen molar-refractivity contribution in [3.05, 3.63) is 52.8 Å². The molecule has 1 saturated carbocycles. The molecule has 2 atom stereocenters. The van der Waals surface area contributed by atoms with Gasteiger partial charge in [0.05, 0.1) is 0 Å². The number of benzene rings is 1. The zero-order valence-corrected chi connectivity index (χ0v) is 10.5. The summed E-state index contributed by atoms with van der Waals surface area (Å²) in [6.07, 6.45) is 5.18. The maximum atomic E-state index is 4.25. The Labute approximate surface area is 103 Å². The summed E-state index contributed by atoms with van der Waals surface area (Å²) >= 11 is 3.46. The molecule has 1 aromatic carbocycles. The number of hydrogen-bond donors (Lipinski definition) is 0. The maximum absolute atomic E-state index is 4.25. The van der Waals surface area contributed by atoms with E-state index in [1.165, 1.54) is 12.0 Å². The lowest BCUT2D eigenvalue weighted by Gasteiger charge is -2.01. The molecule has 0 spiro atoms. The molecule has 2 nitrogen and oxygen atoms in total. The minimum Gasteiger partial charge on any atom is -0.272 e. The lowest BCUT2D eigenvalue weighted by molar-refractivity contribution is 0.553. The fourth-order valence-corrected chi connectivity index (χ4v) is 2.48. The highest BCUT2D eigenvalue weighted by molar-refractivity contribution is 9.10. The Kier molecular flexibility index (Phi) is 2.56. The van der Waals surface area contributed by atoms with Crippen molar-refractivity contribution in [3.8, 4) is 0 Å². The first-order valence-corrected chi connectivity index (χ1v) is 6.35. The van der Waals surface area contributed by atoms with E-state index in [4.69, 9.17) is 0 Å². The van der Waals surface area contributed by atoms with Crippen LogP contribution in [0.3, 0.4) is 0 Å². The zero-order chi connectivity index (χ0) is 11.0. The van der Waals surface area contributed by atoms with Crippen LogP contribution in [0.25, 0.3) is 0 Å². The van der Waals surface area contributed by atoms with E-state index >= 15 is 0 Å². The monoisotopic (exact) mass is 276 g/mol. The third kappa shape index (κ3) is 2.05. The highest BCUT2D eigenvalue weighted by Crippen LogP contribution is 2.48. The molecule has 0 unspecified atom stereocenters. The third-order valence-corrected chi connectivity index (χ3v) is 3.73. The first-order chi connectivity index (χ1) is 7.83. The van der Waals surface area contributed by atoms with Gasteiger partial charge in [-0.2, -0.15) is 5.10 Å². The Morgan fingerprint density at radius 1 is 1.31 bits per heavy atom. The molecule has 1 aromatic heterocycles. The quantitative estimate of drug-likeness (QED) is 0.840. The molecule has 1 aliphatic carbocycles. The average Bonchev–Trinajstić information content (AvgIpc) is 2.85. The molecule has 1 aliphatic rings. The van der Waals surface area contributed by atoms with E-state index in [0.29, 0.717) is 0 Å². The highest BCUT2D eigenvalue weighted by atomic mass is 79.9. The average molecular weight is 277 g/mol. The molecule has 2 aromatic rings. The molecule has 0 N–H and O–H groups in total. The van der Waals surface area contributed by atoms with Crippen LogP contribution in [0.5, 0.6) is 0 Å². The van der Waals surface area contributed by atoms with Crippen LogP contribution in [0.15, 0.2) is 47.2 Å². The zero-order valence-electron chi connectivity index (χ0n) is 8.88. The van der Waals surface area contributed by atoms with Gasteiger partial charge in [-0.25, -0.2) is 0 Å². The predicted molar refractivity (Wildman–Crippen MR) is 67.2 cm³/mol. The lowest BCUT2D eigenvalue weighted by atomic mass is 10.1. The van der Waals surface area contributed by atoms with Crippen molar-refractivity contribution in [2.24, 2.45) is 5.92 Å². The van der Waals surface area contributed by atoms with E-state index in [1.807, 2.05) is 23.1 Å². The Morgan fingerprint density at radius 2 is 2.12 bits per heavy atom. The van der Waals surface area contributed by atoms with Gasteiger partial charge in [0.1, 0.15) is 0 Å². The summed E-state index contributed by atoms with van der Waals surface area (Å²) < 4.78 is 3.18. The van der Waals surface area contributed by atoms with Gasteiger partial charge in [-0.05, 0) is 42.0 Å². The van der Waals surface area contributed by atoms with E-state index in [2.05, 4.69) is 45.3 Å². The van der Waals surface area contributed by atoms with Crippen molar-refractivity contribution in [2.75, 3.05) is 0 Å². The van der Waals surface area contributed by atoms with Crippen LogP contribution in [-0.4, -0.2) is 9.78 Å². The fraction of sp³-hybridized carbons (Fsp3) is 0.308. The van der Waals surface area contributed by atoms with Gasteiger partial charge in [0.15, 0.2) is 0 Å². The summed E-state index contributed by atoms with van der Waals surface area (Å²) in [5.41, 5.74) is 1.46. The van der Waals surface area contributed by atoms with Gasteiger partial charge in [-0.3, -0.25) is 4.68 Å². The first-order valence-electron chi connectivity index (χ1n) is 5.56. The largest absolute Gasteiger partial charge is 0.272 e. The number of rotatable bonds is 3.